The molecule has 4 aromatic carbocycles. The number of fused-ring (bicyclic) bond motifs is 1. The number of benzene rings is 4. The average molecular weight is 495 g/mol. The van der Waals surface area contributed by atoms with Gasteiger partial charge in [-0.15, -0.1) is 0 Å². The van der Waals surface area contributed by atoms with E-state index in [1.165, 1.54) is 39.0 Å². The molecule has 0 radical (unpaired) electrons. The summed E-state index contributed by atoms with van der Waals surface area (Å²) in [6.45, 7) is 8.72. The Hall–Kier alpha value is -4.43. The van der Waals surface area contributed by atoms with E-state index in [1.807, 2.05) is 12.1 Å². The maximum Gasteiger partial charge on any atom is 0.0712 e. The van der Waals surface area contributed by atoms with E-state index in [0.29, 0.717) is 0 Å². The molecular weight excluding hydrogens is 460 g/mol. The fourth-order valence-electron chi connectivity index (χ4n) is 4.97. The molecule has 0 spiro atoms. The minimum absolute atomic E-state index is 0.924. The van der Waals surface area contributed by atoms with Crippen molar-refractivity contribution in [2.75, 3.05) is 0 Å². The third-order valence-electron chi connectivity index (χ3n) is 7.14. The van der Waals surface area contributed by atoms with Crippen LogP contribution >= 0.6 is 0 Å². The molecule has 0 fully saturated rings. The summed E-state index contributed by atoms with van der Waals surface area (Å²) in [6.07, 6.45) is 5.33. The quantitative estimate of drug-likeness (QED) is 0.200. The van der Waals surface area contributed by atoms with Crippen LogP contribution in [0.25, 0.3) is 27.9 Å². The van der Waals surface area contributed by atoms with E-state index >= 15 is 0 Å². The molecule has 0 amide bonds. The summed E-state index contributed by atoms with van der Waals surface area (Å²) in [4.78, 5) is 5.18. The largest absolute Gasteiger partial charge is 0.314 e. The van der Waals surface area contributed by atoms with Gasteiger partial charge in [0.1, 0.15) is 0 Å². The summed E-state index contributed by atoms with van der Waals surface area (Å²) in [5.41, 5.74) is 11.6. The normalized spacial score (nSPS) is 12.8. The molecule has 2 nitrogen and oxygen atoms in total. The first-order valence-electron chi connectivity index (χ1n) is 13.3. The lowest BCUT2D eigenvalue weighted by molar-refractivity contribution is 1.04. The molecule has 5 rings (SSSR count). The maximum atomic E-state index is 5.18. The highest BCUT2D eigenvalue weighted by molar-refractivity contribution is 6.14. The van der Waals surface area contributed by atoms with Crippen molar-refractivity contribution in [3.8, 4) is 5.69 Å². The predicted molar refractivity (Wildman–Crippen MR) is 164 cm³/mol. The van der Waals surface area contributed by atoms with Gasteiger partial charge in [-0.1, -0.05) is 104 Å². The summed E-state index contributed by atoms with van der Waals surface area (Å²) >= 11 is 0. The molecule has 0 aliphatic heterocycles. The van der Waals surface area contributed by atoms with Gasteiger partial charge in [0.25, 0.3) is 0 Å². The monoisotopic (exact) mass is 494 g/mol. The van der Waals surface area contributed by atoms with Gasteiger partial charge in [-0.3, -0.25) is 0 Å². The smallest absolute Gasteiger partial charge is 0.0712 e. The lowest BCUT2D eigenvalue weighted by Gasteiger charge is -2.11. The van der Waals surface area contributed by atoms with Crippen molar-refractivity contribution in [1.29, 1.82) is 0 Å². The number of allylic oxidation sites excluding steroid dienone is 3. The van der Waals surface area contributed by atoms with E-state index in [9.17, 15) is 0 Å². The van der Waals surface area contributed by atoms with Crippen molar-refractivity contribution < 1.29 is 0 Å². The Labute approximate surface area is 226 Å². The van der Waals surface area contributed by atoms with Gasteiger partial charge < -0.3 is 4.57 Å². The molecule has 0 bridgehead atoms. The molecule has 188 valence electrons. The van der Waals surface area contributed by atoms with Crippen LogP contribution in [0, 0.1) is 13.8 Å². The van der Waals surface area contributed by atoms with Crippen LogP contribution in [-0.4, -0.2) is 10.3 Å². The Bertz CT molecular complexity index is 1630. The van der Waals surface area contributed by atoms with Gasteiger partial charge in [0, 0.05) is 22.3 Å². The minimum atomic E-state index is 0.924. The van der Waals surface area contributed by atoms with E-state index in [1.54, 1.807) is 0 Å². The van der Waals surface area contributed by atoms with Gasteiger partial charge in [0.15, 0.2) is 0 Å². The molecule has 0 saturated carbocycles. The summed E-state index contributed by atoms with van der Waals surface area (Å²) < 4.78 is 2.35. The molecule has 2 heteroatoms. The topological polar surface area (TPSA) is 17.3 Å². The summed E-state index contributed by atoms with van der Waals surface area (Å²) in [6, 6.07) is 38.4. The first-order valence-corrected chi connectivity index (χ1v) is 13.3. The molecular formula is C36H34N2. The van der Waals surface area contributed by atoms with Gasteiger partial charge in [-0.05, 0) is 73.7 Å². The summed E-state index contributed by atoms with van der Waals surface area (Å²) in [7, 11) is 0. The van der Waals surface area contributed by atoms with Crippen molar-refractivity contribution in [3.05, 3.63) is 149 Å². The third-order valence-corrected chi connectivity index (χ3v) is 7.14. The van der Waals surface area contributed by atoms with Crippen molar-refractivity contribution in [2.24, 2.45) is 4.99 Å². The maximum absolute atomic E-state index is 5.18. The predicted octanol–water partition coefficient (Wildman–Crippen LogP) is 9.59. The number of aliphatic imine (C=N–C) groups is 1. The second kappa shape index (κ2) is 11.3. The van der Waals surface area contributed by atoms with Crippen LogP contribution in [0.5, 0.6) is 0 Å². The number of hydrogen-bond donors (Lipinski definition) is 0. The first kappa shape index (κ1) is 25.2. The molecule has 0 saturated heterocycles. The average Bonchev–Trinajstić information content (AvgIpc) is 3.22. The lowest BCUT2D eigenvalue weighted by atomic mass is 10.0. The second-order valence-electron chi connectivity index (χ2n) is 9.66. The Balaban J connectivity index is 1.54. The number of hydrogen-bond acceptors (Lipinski definition) is 1. The van der Waals surface area contributed by atoms with E-state index in [4.69, 9.17) is 4.99 Å². The van der Waals surface area contributed by atoms with Crippen LogP contribution < -0.4 is 0 Å². The van der Waals surface area contributed by atoms with E-state index in [0.717, 1.165) is 29.0 Å². The number of nitrogens with zero attached hydrogens (tertiary/aromatic N) is 2. The van der Waals surface area contributed by atoms with E-state index in [2.05, 4.69) is 141 Å². The fraction of sp³-hybridized carbons (Fsp3) is 0.139. The number of rotatable bonds is 7. The Morgan fingerprint density at radius 1 is 0.711 bits per heavy atom. The van der Waals surface area contributed by atoms with Crippen molar-refractivity contribution in [2.45, 2.75) is 34.1 Å². The fourth-order valence-corrected chi connectivity index (χ4v) is 4.97. The van der Waals surface area contributed by atoms with Crippen LogP contribution in [0.15, 0.2) is 126 Å². The van der Waals surface area contributed by atoms with Crippen molar-refractivity contribution >= 4 is 27.9 Å². The lowest BCUT2D eigenvalue weighted by Crippen LogP contribution is -2.00. The standard InChI is InChI=1S/C36H34N2/c1-5-14-34(30-15-8-6-9-16-30)37-35(31-17-10-7-11-18-31)25-26(2)29-21-23-32(24-22-29)38-28(4)27(3)33-19-12-13-20-36(33)38/h6-25H,5H2,1-4H3/b26-25+,34-14+,37-35-. The highest BCUT2D eigenvalue weighted by atomic mass is 15.0. The zero-order valence-electron chi connectivity index (χ0n) is 22.6. The summed E-state index contributed by atoms with van der Waals surface area (Å²) in [5, 5.41) is 1.31. The van der Waals surface area contributed by atoms with Gasteiger partial charge in [0.05, 0.1) is 16.9 Å². The molecule has 0 aliphatic carbocycles. The molecule has 5 aromatic rings. The van der Waals surface area contributed by atoms with Gasteiger partial charge in [0.2, 0.25) is 0 Å². The van der Waals surface area contributed by atoms with Gasteiger partial charge in [-0.25, -0.2) is 4.99 Å². The van der Waals surface area contributed by atoms with E-state index in [-0.39, 0.29) is 0 Å². The molecule has 0 aliphatic rings. The zero-order valence-corrected chi connectivity index (χ0v) is 22.6. The van der Waals surface area contributed by atoms with Crippen LogP contribution in [0.3, 0.4) is 0 Å². The Morgan fingerprint density at radius 3 is 1.97 bits per heavy atom. The highest BCUT2D eigenvalue weighted by Gasteiger charge is 2.12. The number of aromatic nitrogens is 1. The SMILES string of the molecule is CC/C=C(/N=C(/C=C(\C)c1ccc(-n2c(C)c(C)c3ccccc32)cc1)c1ccccc1)c1ccccc1. The zero-order chi connectivity index (χ0) is 26.5. The van der Waals surface area contributed by atoms with Crippen LogP contribution in [-0.2, 0) is 0 Å². The van der Waals surface area contributed by atoms with Crippen LogP contribution in [0.2, 0.25) is 0 Å². The first-order chi connectivity index (χ1) is 18.6. The summed E-state index contributed by atoms with van der Waals surface area (Å²) in [5.74, 6) is 0. The minimum Gasteiger partial charge on any atom is -0.314 e. The van der Waals surface area contributed by atoms with Crippen molar-refractivity contribution in [1.82, 2.24) is 4.57 Å². The number of para-hydroxylation sites is 1. The molecule has 0 N–H and O–H groups in total. The third kappa shape index (κ3) is 5.17. The van der Waals surface area contributed by atoms with Crippen molar-refractivity contribution in [3.63, 3.8) is 0 Å². The van der Waals surface area contributed by atoms with Crippen LogP contribution in [0.1, 0.15) is 48.2 Å². The second-order valence-corrected chi connectivity index (χ2v) is 9.66. The molecule has 0 unspecified atom stereocenters. The van der Waals surface area contributed by atoms with Gasteiger partial charge in [-0.2, -0.15) is 0 Å². The van der Waals surface area contributed by atoms with Crippen LogP contribution in [0.4, 0.5) is 0 Å². The Kier molecular flexibility index (Phi) is 7.51. The highest BCUT2D eigenvalue weighted by Crippen LogP contribution is 2.29. The number of aryl methyl sites for hydroxylation is 1. The van der Waals surface area contributed by atoms with Gasteiger partial charge >= 0.3 is 0 Å². The molecule has 1 heterocycles. The van der Waals surface area contributed by atoms with E-state index < -0.39 is 0 Å². The molecule has 38 heavy (non-hydrogen) atoms. The molecule has 0 atom stereocenters. The Morgan fingerprint density at radius 2 is 1.32 bits per heavy atom. The molecule has 1 aromatic heterocycles.